The first-order valence-electron chi connectivity index (χ1n) is 6.66. The second kappa shape index (κ2) is 5.35. The number of aromatic hydroxyl groups is 1. The van der Waals surface area contributed by atoms with E-state index in [9.17, 15) is 9.90 Å². The smallest absolute Gasteiger partial charge is 0.255 e. The summed E-state index contributed by atoms with van der Waals surface area (Å²) in [5.41, 5.74) is 3.73. The predicted octanol–water partition coefficient (Wildman–Crippen LogP) is 2.29. The van der Waals surface area contributed by atoms with Crippen molar-refractivity contribution in [3.8, 4) is 5.75 Å². The quantitative estimate of drug-likeness (QED) is 0.732. The van der Waals surface area contributed by atoms with E-state index in [1.807, 2.05) is 12.1 Å². The molecule has 4 nitrogen and oxygen atoms in total. The maximum atomic E-state index is 12.4. The highest BCUT2D eigenvalue weighted by atomic mass is 16.3. The third-order valence-electron chi connectivity index (χ3n) is 3.51. The summed E-state index contributed by atoms with van der Waals surface area (Å²) >= 11 is 0. The van der Waals surface area contributed by atoms with Crippen LogP contribution < -0.4 is 10.6 Å². The summed E-state index contributed by atoms with van der Waals surface area (Å²) in [5.74, 6) is 0.0839. The SMILES string of the molecule is O=C(Nc1ccc(O)cc1)c1cccc2c1CCNC2. The molecular weight excluding hydrogens is 252 g/mol. The second-order valence-corrected chi connectivity index (χ2v) is 4.87. The van der Waals surface area contributed by atoms with Gasteiger partial charge in [0.1, 0.15) is 5.75 Å². The molecule has 0 saturated carbocycles. The molecule has 20 heavy (non-hydrogen) atoms. The van der Waals surface area contributed by atoms with E-state index in [4.69, 9.17) is 0 Å². The second-order valence-electron chi connectivity index (χ2n) is 4.87. The molecule has 3 N–H and O–H groups in total. The Morgan fingerprint density at radius 3 is 2.75 bits per heavy atom. The summed E-state index contributed by atoms with van der Waals surface area (Å²) in [4.78, 5) is 12.4. The monoisotopic (exact) mass is 268 g/mol. The molecule has 1 heterocycles. The van der Waals surface area contributed by atoms with Crippen LogP contribution in [0.3, 0.4) is 0 Å². The van der Waals surface area contributed by atoms with Crippen molar-refractivity contribution < 1.29 is 9.90 Å². The Labute approximate surface area is 117 Å². The van der Waals surface area contributed by atoms with E-state index in [2.05, 4.69) is 16.7 Å². The molecule has 0 spiro atoms. The Morgan fingerprint density at radius 1 is 1.15 bits per heavy atom. The number of phenolic OH excluding ortho intramolecular Hbond substituents is 1. The number of fused-ring (bicyclic) bond motifs is 1. The Morgan fingerprint density at radius 2 is 1.95 bits per heavy atom. The Kier molecular flexibility index (Phi) is 3.39. The highest BCUT2D eigenvalue weighted by molar-refractivity contribution is 6.05. The largest absolute Gasteiger partial charge is 0.508 e. The number of carbonyl (C=O) groups excluding carboxylic acids is 1. The maximum Gasteiger partial charge on any atom is 0.255 e. The molecule has 0 aliphatic carbocycles. The van der Waals surface area contributed by atoms with Crippen molar-refractivity contribution in [2.45, 2.75) is 13.0 Å². The zero-order valence-electron chi connectivity index (χ0n) is 11.0. The zero-order valence-corrected chi connectivity index (χ0v) is 11.0. The van der Waals surface area contributed by atoms with E-state index < -0.39 is 0 Å². The third kappa shape index (κ3) is 2.51. The highest BCUT2D eigenvalue weighted by Gasteiger charge is 2.17. The summed E-state index contributed by atoms with van der Waals surface area (Å²) in [5, 5.41) is 15.4. The zero-order chi connectivity index (χ0) is 13.9. The van der Waals surface area contributed by atoms with Gasteiger partial charge in [-0.15, -0.1) is 0 Å². The molecule has 0 radical (unpaired) electrons. The summed E-state index contributed by atoms with van der Waals surface area (Å²) < 4.78 is 0. The topological polar surface area (TPSA) is 61.4 Å². The standard InChI is InChI=1S/C16H16N2O2/c19-13-6-4-12(5-7-13)18-16(20)15-3-1-2-11-10-17-9-8-14(11)15/h1-7,17,19H,8-10H2,(H,18,20). The van der Waals surface area contributed by atoms with Crippen molar-refractivity contribution in [2.24, 2.45) is 0 Å². The third-order valence-corrected chi connectivity index (χ3v) is 3.51. The first-order chi connectivity index (χ1) is 9.74. The lowest BCUT2D eigenvalue weighted by Gasteiger charge is -2.20. The van der Waals surface area contributed by atoms with E-state index in [0.717, 1.165) is 30.6 Å². The fourth-order valence-electron chi connectivity index (χ4n) is 2.49. The minimum atomic E-state index is -0.102. The Hall–Kier alpha value is -2.33. The molecule has 1 aliphatic rings. The van der Waals surface area contributed by atoms with Crippen LogP contribution in [-0.2, 0) is 13.0 Å². The number of hydrogen-bond donors (Lipinski definition) is 3. The van der Waals surface area contributed by atoms with E-state index in [1.165, 1.54) is 5.56 Å². The van der Waals surface area contributed by atoms with Crippen LogP contribution in [0, 0.1) is 0 Å². The van der Waals surface area contributed by atoms with E-state index in [1.54, 1.807) is 24.3 Å². The number of hydrogen-bond acceptors (Lipinski definition) is 3. The molecule has 0 fully saturated rings. The van der Waals surface area contributed by atoms with Crippen LogP contribution in [0.1, 0.15) is 21.5 Å². The first kappa shape index (κ1) is 12.7. The molecule has 2 aromatic carbocycles. The van der Waals surface area contributed by atoms with Gasteiger partial charge in [0.05, 0.1) is 0 Å². The van der Waals surface area contributed by atoms with Crippen LogP contribution in [0.5, 0.6) is 5.75 Å². The summed E-state index contributed by atoms with van der Waals surface area (Å²) in [6, 6.07) is 12.3. The number of phenols is 1. The Bertz CT molecular complexity index is 635. The molecule has 0 bridgehead atoms. The van der Waals surface area contributed by atoms with Gasteiger partial charge in [0, 0.05) is 17.8 Å². The normalized spacial score (nSPS) is 13.6. The van der Waals surface area contributed by atoms with Crippen LogP contribution >= 0.6 is 0 Å². The number of nitrogens with one attached hydrogen (secondary N) is 2. The van der Waals surface area contributed by atoms with Crippen molar-refractivity contribution in [2.75, 3.05) is 11.9 Å². The predicted molar refractivity (Wildman–Crippen MR) is 77.9 cm³/mol. The van der Waals surface area contributed by atoms with Gasteiger partial charge >= 0.3 is 0 Å². The minimum absolute atomic E-state index is 0.102. The van der Waals surface area contributed by atoms with Crippen molar-refractivity contribution in [3.05, 3.63) is 59.2 Å². The molecule has 3 rings (SSSR count). The van der Waals surface area contributed by atoms with Crippen molar-refractivity contribution in [3.63, 3.8) is 0 Å². The molecule has 1 aliphatic heterocycles. The number of rotatable bonds is 2. The van der Waals surface area contributed by atoms with Crippen LogP contribution in [0.25, 0.3) is 0 Å². The van der Waals surface area contributed by atoms with Crippen LogP contribution in [0.2, 0.25) is 0 Å². The number of carbonyl (C=O) groups is 1. The van der Waals surface area contributed by atoms with Gasteiger partial charge in [0.2, 0.25) is 0 Å². The molecule has 0 saturated heterocycles. The highest BCUT2D eigenvalue weighted by Crippen LogP contribution is 2.20. The first-order valence-corrected chi connectivity index (χ1v) is 6.66. The molecule has 0 atom stereocenters. The molecule has 102 valence electrons. The Balaban J connectivity index is 1.85. The maximum absolute atomic E-state index is 12.4. The summed E-state index contributed by atoms with van der Waals surface area (Å²) in [7, 11) is 0. The van der Waals surface area contributed by atoms with Gasteiger partial charge in [-0.2, -0.15) is 0 Å². The molecular formula is C16H16N2O2. The number of anilines is 1. The lowest BCUT2D eigenvalue weighted by atomic mass is 9.95. The van der Waals surface area contributed by atoms with E-state index >= 15 is 0 Å². The van der Waals surface area contributed by atoms with Crippen molar-refractivity contribution in [1.29, 1.82) is 0 Å². The fraction of sp³-hybridized carbons (Fsp3) is 0.188. The minimum Gasteiger partial charge on any atom is -0.508 e. The van der Waals surface area contributed by atoms with Gasteiger partial charge in [0.15, 0.2) is 0 Å². The molecule has 1 amide bonds. The lowest BCUT2D eigenvalue weighted by molar-refractivity contribution is 0.102. The summed E-state index contributed by atoms with van der Waals surface area (Å²) in [6.07, 6.45) is 0.870. The molecule has 0 aromatic heterocycles. The van der Waals surface area contributed by atoms with Gasteiger partial charge < -0.3 is 15.7 Å². The van der Waals surface area contributed by atoms with Gasteiger partial charge in [-0.3, -0.25) is 4.79 Å². The lowest BCUT2D eigenvalue weighted by Crippen LogP contribution is -2.26. The van der Waals surface area contributed by atoms with Gasteiger partial charge in [-0.25, -0.2) is 0 Å². The van der Waals surface area contributed by atoms with Crippen LogP contribution in [-0.4, -0.2) is 17.6 Å². The molecule has 4 heteroatoms. The number of benzene rings is 2. The van der Waals surface area contributed by atoms with Gasteiger partial charge in [-0.1, -0.05) is 12.1 Å². The van der Waals surface area contributed by atoms with E-state index in [0.29, 0.717) is 5.69 Å². The van der Waals surface area contributed by atoms with Crippen molar-refractivity contribution in [1.82, 2.24) is 5.32 Å². The molecule has 0 unspecified atom stereocenters. The molecule has 2 aromatic rings. The van der Waals surface area contributed by atoms with Crippen LogP contribution in [0.4, 0.5) is 5.69 Å². The number of amides is 1. The van der Waals surface area contributed by atoms with Gasteiger partial charge in [-0.05, 0) is 54.4 Å². The van der Waals surface area contributed by atoms with Gasteiger partial charge in [0.25, 0.3) is 5.91 Å². The van der Waals surface area contributed by atoms with E-state index in [-0.39, 0.29) is 11.7 Å². The summed E-state index contributed by atoms with van der Waals surface area (Å²) in [6.45, 7) is 1.71. The fourth-order valence-corrected chi connectivity index (χ4v) is 2.49. The average Bonchev–Trinajstić information content (AvgIpc) is 2.49. The average molecular weight is 268 g/mol. The van der Waals surface area contributed by atoms with Crippen molar-refractivity contribution >= 4 is 11.6 Å². The van der Waals surface area contributed by atoms with Crippen LogP contribution in [0.15, 0.2) is 42.5 Å².